The van der Waals surface area contributed by atoms with Crippen molar-refractivity contribution in [3.8, 4) is 11.5 Å². The average molecular weight is 475 g/mol. The Morgan fingerprint density at radius 2 is 1.47 bits per heavy atom. The molecule has 5 heteroatoms. The minimum atomic E-state index is -1.17. The van der Waals surface area contributed by atoms with Crippen LogP contribution in [0, 0.1) is 47.1 Å². The number of fused-ring (bicyclic) bond motifs is 1. The Balaban J connectivity index is 1.23. The Kier molecular flexibility index (Phi) is 8.65. The van der Waals surface area contributed by atoms with E-state index in [0.717, 1.165) is 49.4 Å². The number of esters is 1. The zero-order valence-electron chi connectivity index (χ0n) is 20.7. The Morgan fingerprint density at radius 1 is 0.882 bits per heavy atom. The van der Waals surface area contributed by atoms with E-state index < -0.39 is 17.6 Å². The van der Waals surface area contributed by atoms with Gasteiger partial charge in [0, 0.05) is 0 Å². The largest absolute Gasteiger partial charge is 0.494 e. The minimum absolute atomic E-state index is 0.199. The highest BCUT2D eigenvalue weighted by molar-refractivity contribution is 5.75. The van der Waals surface area contributed by atoms with E-state index in [-0.39, 0.29) is 17.4 Å². The van der Waals surface area contributed by atoms with E-state index in [4.69, 9.17) is 9.47 Å². The van der Waals surface area contributed by atoms with Crippen LogP contribution in [-0.4, -0.2) is 13.1 Å². The highest BCUT2D eigenvalue weighted by atomic mass is 19.2. The topological polar surface area (TPSA) is 35.5 Å². The Hall–Kier alpha value is -1.91. The van der Waals surface area contributed by atoms with Crippen LogP contribution in [0.5, 0.6) is 11.5 Å². The van der Waals surface area contributed by atoms with Gasteiger partial charge in [-0.05, 0) is 119 Å². The number of allylic oxidation sites excluding steroid dienone is 2. The molecule has 3 saturated carbocycles. The molecule has 0 amide bonds. The Labute approximate surface area is 203 Å². The van der Waals surface area contributed by atoms with E-state index >= 15 is 0 Å². The zero-order valence-corrected chi connectivity index (χ0v) is 20.7. The van der Waals surface area contributed by atoms with E-state index in [9.17, 15) is 13.6 Å². The van der Waals surface area contributed by atoms with Crippen molar-refractivity contribution in [1.82, 2.24) is 0 Å². The molecule has 0 saturated heterocycles. The molecule has 1 aromatic rings. The molecule has 0 N–H and O–H groups in total. The summed E-state index contributed by atoms with van der Waals surface area (Å²) in [4.78, 5) is 12.6. The molecule has 3 aliphatic carbocycles. The van der Waals surface area contributed by atoms with Crippen LogP contribution in [0.4, 0.5) is 8.78 Å². The molecule has 0 aromatic heterocycles. The standard InChI is InChI=1S/C29H40F2O3/c1-3-4-5-6-19-7-8-24-18-23(14-13-22(24)17-19)20-9-11-21(12-10-20)29(32)34-26-16-15-25(33-2)27(30)28(26)31/h3-4,15-16,19-24H,5-14,17-18H2,1-2H3/b4-3+. The van der Waals surface area contributed by atoms with Crippen LogP contribution in [0.3, 0.4) is 0 Å². The van der Waals surface area contributed by atoms with Gasteiger partial charge in [0.2, 0.25) is 11.6 Å². The van der Waals surface area contributed by atoms with Crippen molar-refractivity contribution in [2.75, 3.05) is 7.11 Å². The molecule has 3 fully saturated rings. The number of hydrogen-bond acceptors (Lipinski definition) is 3. The highest BCUT2D eigenvalue weighted by Crippen LogP contribution is 2.49. The summed E-state index contributed by atoms with van der Waals surface area (Å²) in [6, 6.07) is 2.54. The number of halogens is 2. The first-order valence-electron chi connectivity index (χ1n) is 13.3. The molecule has 4 unspecified atom stereocenters. The molecule has 0 spiro atoms. The lowest BCUT2D eigenvalue weighted by Gasteiger charge is -2.45. The van der Waals surface area contributed by atoms with Crippen molar-refractivity contribution in [3.63, 3.8) is 0 Å². The third-order valence-electron chi connectivity index (χ3n) is 8.95. The van der Waals surface area contributed by atoms with Crippen molar-refractivity contribution in [2.45, 2.75) is 84.0 Å². The van der Waals surface area contributed by atoms with Gasteiger partial charge in [0.05, 0.1) is 13.0 Å². The van der Waals surface area contributed by atoms with Crippen molar-refractivity contribution in [2.24, 2.45) is 35.5 Å². The summed E-state index contributed by atoms with van der Waals surface area (Å²) >= 11 is 0. The lowest BCUT2D eigenvalue weighted by molar-refractivity contribution is -0.140. The number of benzene rings is 1. The van der Waals surface area contributed by atoms with Crippen LogP contribution in [0.15, 0.2) is 24.3 Å². The number of methoxy groups -OCH3 is 1. The smallest absolute Gasteiger partial charge is 0.314 e. The van der Waals surface area contributed by atoms with Gasteiger partial charge in [-0.2, -0.15) is 8.78 Å². The first-order chi connectivity index (χ1) is 16.5. The summed E-state index contributed by atoms with van der Waals surface area (Å²) < 4.78 is 38.1. The molecule has 3 aliphatic rings. The molecule has 0 aliphatic heterocycles. The van der Waals surface area contributed by atoms with Gasteiger partial charge in [-0.1, -0.05) is 18.6 Å². The van der Waals surface area contributed by atoms with Crippen LogP contribution in [0.25, 0.3) is 0 Å². The quantitative estimate of drug-likeness (QED) is 0.229. The Morgan fingerprint density at radius 3 is 2.18 bits per heavy atom. The summed E-state index contributed by atoms with van der Waals surface area (Å²) in [6.07, 6.45) is 19.0. The van der Waals surface area contributed by atoms with E-state index in [1.54, 1.807) is 0 Å². The van der Waals surface area contributed by atoms with Gasteiger partial charge < -0.3 is 9.47 Å². The van der Waals surface area contributed by atoms with Gasteiger partial charge >= 0.3 is 5.97 Å². The van der Waals surface area contributed by atoms with Gasteiger partial charge in [-0.25, -0.2) is 0 Å². The second-order valence-electron chi connectivity index (χ2n) is 10.8. The van der Waals surface area contributed by atoms with E-state index in [1.165, 1.54) is 70.6 Å². The molecule has 1 aromatic carbocycles. The lowest BCUT2D eigenvalue weighted by atomic mass is 9.60. The predicted octanol–water partition coefficient (Wildman–Crippen LogP) is 7.87. The second-order valence-corrected chi connectivity index (χ2v) is 10.8. The fourth-order valence-electron chi connectivity index (χ4n) is 6.98. The normalized spacial score (nSPS) is 31.8. The van der Waals surface area contributed by atoms with Crippen LogP contribution < -0.4 is 9.47 Å². The first-order valence-corrected chi connectivity index (χ1v) is 13.3. The summed E-state index contributed by atoms with van der Waals surface area (Å²) in [5.41, 5.74) is 0. The lowest BCUT2D eigenvalue weighted by Crippen LogP contribution is -2.35. The van der Waals surface area contributed by atoms with Gasteiger partial charge in [0.15, 0.2) is 11.5 Å². The predicted molar refractivity (Wildman–Crippen MR) is 130 cm³/mol. The maximum Gasteiger partial charge on any atom is 0.314 e. The van der Waals surface area contributed by atoms with Crippen LogP contribution in [0.2, 0.25) is 0 Å². The summed E-state index contributed by atoms with van der Waals surface area (Å²) in [6.45, 7) is 2.11. The fraction of sp³-hybridized carbons (Fsp3) is 0.690. The fourth-order valence-corrected chi connectivity index (χ4v) is 6.98. The van der Waals surface area contributed by atoms with E-state index in [1.807, 2.05) is 0 Å². The van der Waals surface area contributed by atoms with Crippen LogP contribution in [-0.2, 0) is 4.79 Å². The monoisotopic (exact) mass is 474 g/mol. The van der Waals surface area contributed by atoms with Gasteiger partial charge in [-0.15, -0.1) is 0 Å². The highest BCUT2D eigenvalue weighted by Gasteiger charge is 2.39. The minimum Gasteiger partial charge on any atom is -0.494 e. The van der Waals surface area contributed by atoms with E-state index in [0.29, 0.717) is 5.92 Å². The molecular formula is C29H40F2O3. The molecule has 0 heterocycles. The summed E-state index contributed by atoms with van der Waals surface area (Å²) in [7, 11) is 1.27. The Bertz CT molecular complexity index is 859. The molecule has 0 bridgehead atoms. The van der Waals surface area contributed by atoms with Gasteiger partial charge in [0.1, 0.15) is 0 Å². The van der Waals surface area contributed by atoms with Crippen LogP contribution >= 0.6 is 0 Å². The van der Waals surface area contributed by atoms with Crippen molar-refractivity contribution in [1.29, 1.82) is 0 Å². The van der Waals surface area contributed by atoms with Crippen molar-refractivity contribution >= 4 is 5.97 Å². The third-order valence-corrected chi connectivity index (χ3v) is 8.95. The van der Waals surface area contributed by atoms with E-state index in [2.05, 4.69) is 19.1 Å². The van der Waals surface area contributed by atoms with Crippen molar-refractivity contribution < 1.29 is 23.0 Å². The number of carbonyl (C=O) groups is 1. The first kappa shape index (κ1) is 25.2. The maximum atomic E-state index is 14.2. The average Bonchev–Trinajstić information content (AvgIpc) is 2.87. The number of ether oxygens (including phenoxy) is 2. The zero-order chi connectivity index (χ0) is 24.1. The molecule has 3 nitrogen and oxygen atoms in total. The summed E-state index contributed by atoms with van der Waals surface area (Å²) in [5.74, 6) is 0.678. The number of hydrogen-bond donors (Lipinski definition) is 0. The molecule has 4 rings (SSSR count). The summed E-state index contributed by atoms with van der Waals surface area (Å²) in [5, 5.41) is 0. The SMILES string of the molecule is C/C=C/CCC1CCC2CC(C3CCC(C(=O)Oc4ccc(OC)c(F)c4F)CC3)CCC2C1. The number of rotatable bonds is 7. The maximum absolute atomic E-state index is 14.2. The van der Waals surface area contributed by atoms with Gasteiger partial charge in [-0.3, -0.25) is 4.79 Å². The van der Waals surface area contributed by atoms with Crippen molar-refractivity contribution in [3.05, 3.63) is 35.9 Å². The molecule has 4 atom stereocenters. The van der Waals surface area contributed by atoms with Gasteiger partial charge in [0.25, 0.3) is 0 Å². The molecular weight excluding hydrogens is 434 g/mol. The van der Waals surface area contributed by atoms with Crippen LogP contribution in [0.1, 0.15) is 84.0 Å². The molecule has 34 heavy (non-hydrogen) atoms. The number of carbonyl (C=O) groups excluding carboxylic acids is 1. The third kappa shape index (κ3) is 5.83. The molecule has 0 radical (unpaired) electrons. The second kappa shape index (κ2) is 11.7. The molecule has 188 valence electrons.